The first kappa shape index (κ1) is 12.1. The predicted octanol–water partition coefficient (Wildman–Crippen LogP) is 1.69. The van der Waals surface area contributed by atoms with Crippen LogP contribution in [0.2, 0.25) is 0 Å². The molecule has 1 aromatic heterocycles. The van der Waals surface area contributed by atoms with Crippen LogP contribution in [0.15, 0.2) is 40.6 Å². The summed E-state index contributed by atoms with van der Waals surface area (Å²) in [6.07, 6.45) is 0.493. The first-order chi connectivity index (χ1) is 7.98. The largest absolute Gasteiger partial charge is 0.506 e. The van der Waals surface area contributed by atoms with Crippen LogP contribution < -0.4 is 5.14 Å². The lowest BCUT2D eigenvalue weighted by molar-refractivity contribution is 0.453. The van der Waals surface area contributed by atoms with Crippen LogP contribution in [0.1, 0.15) is 10.4 Å². The molecule has 1 aromatic carbocycles. The van der Waals surface area contributed by atoms with Crippen LogP contribution in [0.25, 0.3) is 0 Å². The zero-order valence-corrected chi connectivity index (χ0v) is 10.5. The van der Waals surface area contributed by atoms with Gasteiger partial charge in [0.1, 0.15) is 10.6 Å². The molecule has 0 radical (unpaired) electrons. The van der Waals surface area contributed by atoms with Gasteiger partial charge in [0.2, 0.25) is 10.0 Å². The average Bonchev–Trinajstić information content (AvgIpc) is 2.72. The second kappa shape index (κ2) is 4.48. The molecular weight excluding hydrogens is 258 g/mol. The van der Waals surface area contributed by atoms with Crippen molar-refractivity contribution in [2.75, 3.05) is 0 Å². The molecule has 0 amide bonds. The van der Waals surface area contributed by atoms with E-state index in [1.807, 2.05) is 17.5 Å². The zero-order chi connectivity index (χ0) is 12.5. The van der Waals surface area contributed by atoms with Crippen molar-refractivity contribution in [1.82, 2.24) is 0 Å². The third-order valence-corrected chi connectivity index (χ3v) is 4.15. The monoisotopic (exact) mass is 269 g/mol. The van der Waals surface area contributed by atoms with Gasteiger partial charge in [0.15, 0.2) is 0 Å². The van der Waals surface area contributed by atoms with E-state index in [1.165, 1.54) is 6.07 Å². The van der Waals surface area contributed by atoms with E-state index in [1.54, 1.807) is 23.5 Å². The van der Waals surface area contributed by atoms with Crippen LogP contribution in [0, 0.1) is 0 Å². The molecule has 3 N–H and O–H groups in total. The molecule has 2 aromatic rings. The van der Waals surface area contributed by atoms with Crippen LogP contribution in [0.5, 0.6) is 5.75 Å². The van der Waals surface area contributed by atoms with Gasteiger partial charge in [0.05, 0.1) is 0 Å². The van der Waals surface area contributed by atoms with Crippen LogP contribution in [-0.4, -0.2) is 13.5 Å². The van der Waals surface area contributed by atoms with Crippen molar-refractivity contribution < 1.29 is 13.5 Å². The molecule has 0 saturated carbocycles. The van der Waals surface area contributed by atoms with E-state index in [0.717, 1.165) is 4.88 Å². The maximum atomic E-state index is 11.2. The first-order valence-electron chi connectivity index (χ1n) is 4.84. The summed E-state index contributed by atoms with van der Waals surface area (Å²) >= 11 is 1.55. The summed E-state index contributed by atoms with van der Waals surface area (Å²) in [5.74, 6) is -0.261. The SMILES string of the molecule is NS(=O)(=O)c1cccc(Cc2cccs2)c1O. The standard InChI is InChI=1S/C11H11NO3S2/c12-17(14,15)10-5-1-3-8(11(10)13)7-9-4-2-6-16-9/h1-6,13H,7H2,(H2,12,14,15). The second-order valence-corrected chi connectivity index (χ2v) is 6.13. The molecule has 4 nitrogen and oxygen atoms in total. The van der Waals surface area contributed by atoms with Gasteiger partial charge in [-0.25, -0.2) is 13.6 Å². The Morgan fingerprint density at radius 3 is 2.59 bits per heavy atom. The number of thiophene rings is 1. The molecule has 0 bridgehead atoms. The zero-order valence-electron chi connectivity index (χ0n) is 8.83. The smallest absolute Gasteiger partial charge is 0.241 e. The summed E-state index contributed by atoms with van der Waals surface area (Å²) in [6.45, 7) is 0. The third-order valence-electron chi connectivity index (χ3n) is 2.33. The lowest BCUT2D eigenvalue weighted by Gasteiger charge is -2.07. The Bertz CT molecular complexity index is 618. The fourth-order valence-electron chi connectivity index (χ4n) is 1.54. The highest BCUT2D eigenvalue weighted by atomic mass is 32.2. The number of primary sulfonamides is 1. The van der Waals surface area contributed by atoms with Gasteiger partial charge in [-0.15, -0.1) is 11.3 Å². The summed E-state index contributed by atoms with van der Waals surface area (Å²) in [7, 11) is -3.88. The molecule has 17 heavy (non-hydrogen) atoms. The number of nitrogens with two attached hydrogens (primary N) is 1. The normalized spacial score (nSPS) is 11.6. The molecule has 1 heterocycles. The predicted molar refractivity (Wildman–Crippen MR) is 66.6 cm³/mol. The highest BCUT2D eigenvalue weighted by Gasteiger charge is 2.16. The Kier molecular flexibility index (Phi) is 3.19. The highest BCUT2D eigenvalue weighted by molar-refractivity contribution is 7.89. The third kappa shape index (κ3) is 2.66. The highest BCUT2D eigenvalue weighted by Crippen LogP contribution is 2.28. The molecule has 2 rings (SSSR count). The van der Waals surface area contributed by atoms with E-state index < -0.39 is 10.0 Å². The maximum absolute atomic E-state index is 11.2. The quantitative estimate of drug-likeness (QED) is 0.889. The van der Waals surface area contributed by atoms with Crippen molar-refractivity contribution >= 4 is 21.4 Å². The van der Waals surface area contributed by atoms with Crippen LogP contribution >= 0.6 is 11.3 Å². The maximum Gasteiger partial charge on any atom is 0.241 e. The van der Waals surface area contributed by atoms with Gasteiger partial charge in [-0.1, -0.05) is 18.2 Å². The molecule has 0 aliphatic rings. The summed E-state index contributed by atoms with van der Waals surface area (Å²) in [4.78, 5) is 0.818. The van der Waals surface area contributed by atoms with Gasteiger partial charge in [0.25, 0.3) is 0 Å². The van der Waals surface area contributed by atoms with E-state index in [9.17, 15) is 13.5 Å². The lowest BCUT2D eigenvalue weighted by atomic mass is 10.1. The Labute approximate surface area is 103 Å². The topological polar surface area (TPSA) is 80.4 Å². The number of rotatable bonds is 3. The minimum atomic E-state index is -3.88. The number of para-hydroxylation sites is 1. The summed E-state index contributed by atoms with van der Waals surface area (Å²) in [5, 5.41) is 16.8. The van der Waals surface area contributed by atoms with Crippen LogP contribution in [0.3, 0.4) is 0 Å². The minimum Gasteiger partial charge on any atom is -0.506 e. The minimum absolute atomic E-state index is 0.230. The van der Waals surface area contributed by atoms with E-state index >= 15 is 0 Å². The molecule has 0 aliphatic carbocycles. The molecule has 6 heteroatoms. The number of sulfonamides is 1. The Morgan fingerprint density at radius 2 is 2.00 bits per heavy atom. The number of phenolic OH excluding ortho intramolecular Hbond substituents is 1. The molecule has 90 valence electrons. The van der Waals surface area contributed by atoms with E-state index in [4.69, 9.17) is 5.14 Å². The van der Waals surface area contributed by atoms with Crippen molar-refractivity contribution in [3.63, 3.8) is 0 Å². The second-order valence-electron chi connectivity index (χ2n) is 3.57. The lowest BCUT2D eigenvalue weighted by Crippen LogP contribution is -2.12. The number of hydrogen-bond acceptors (Lipinski definition) is 4. The van der Waals surface area contributed by atoms with Gasteiger partial charge >= 0.3 is 0 Å². The van der Waals surface area contributed by atoms with Gasteiger partial charge in [-0.3, -0.25) is 0 Å². The Balaban J connectivity index is 2.43. The summed E-state index contributed by atoms with van der Waals surface area (Å²) < 4.78 is 22.5. The van der Waals surface area contributed by atoms with Crippen molar-refractivity contribution in [3.05, 3.63) is 46.2 Å². The fraction of sp³-hybridized carbons (Fsp3) is 0.0909. The molecule has 0 atom stereocenters. The summed E-state index contributed by atoms with van der Waals surface area (Å²) in [6, 6.07) is 8.38. The number of aromatic hydroxyl groups is 1. The van der Waals surface area contributed by atoms with Crippen LogP contribution in [0.4, 0.5) is 0 Å². The molecular formula is C11H11NO3S2. The molecule has 0 aliphatic heterocycles. The van der Waals surface area contributed by atoms with Crippen molar-refractivity contribution in [2.24, 2.45) is 5.14 Å². The van der Waals surface area contributed by atoms with E-state index in [-0.39, 0.29) is 10.6 Å². The molecule has 0 spiro atoms. The average molecular weight is 269 g/mol. The molecule has 0 unspecified atom stereocenters. The van der Waals surface area contributed by atoms with Gasteiger partial charge < -0.3 is 5.11 Å². The molecule has 0 saturated heterocycles. The Morgan fingerprint density at radius 1 is 1.24 bits per heavy atom. The van der Waals surface area contributed by atoms with Crippen molar-refractivity contribution in [3.8, 4) is 5.75 Å². The molecule has 0 fully saturated rings. The fourth-order valence-corrected chi connectivity index (χ4v) is 2.94. The van der Waals surface area contributed by atoms with Crippen molar-refractivity contribution in [1.29, 1.82) is 0 Å². The van der Waals surface area contributed by atoms with E-state index in [2.05, 4.69) is 0 Å². The van der Waals surface area contributed by atoms with Gasteiger partial charge in [-0.05, 0) is 17.5 Å². The number of phenols is 1. The van der Waals surface area contributed by atoms with Crippen LogP contribution in [-0.2, 0) is 16.4 Å². The van der Waals surface area contributed by atoms with Gasteiger partial charge in [-0.2, -0.15) is 0 Å². The van der Waals surface area contributed by atoms with E-state index in [0.29, 0.717) is 12.0 Å². The first-order valence-corrected chi connectivity index (χ1v) is 7.27. The summed E-state index contributed by atoms with van der Waals surface area (Å²) in [5.41, 5.74) is 0.555. The number of hydrogen-bond donors (Lipinski definition) is 2. The number of benzene rings is 1. The van der Waals surface area contributed by atoms with Crippen molar-refractivity contribution in [2.45, 2.75) is 11.3 Å². The van der Waals surface area contributed by atoms with Gasteiger partial charge in [0, 0.05) is 16.9 Å². The Hall–Kier alpha value is -1.37.